The van der Waals surface area contributed by atoms with Gasteiger partial charge < -0.3 is 20.3 Å². The molecular weight excluding hydrogens is 390 g/mol. The third kappa shape index (κ3) is 5.78. The van der Waals surface area contributed by atoms with E-state index in [0.29, 0.717) is 23.4 Å². The molecule has 2 aromatic carbocycles. The molecule has 0 radical (unpaired) electrons. The highest BCUT2D eigenvalue weighted by Gasteiger charge is 2.35. The lowest BCUT2D eigenvalue weighted by atomic mass is 9.83. The van der Waals surface area contributed by atoms with Crippen LogP contribution < -0.4 is 15.4 Å². The number of carbonyl (C=O) groups is 2. The fourth-order valence-corrected chi connectivity index (χ4v) is 4.78. The number of rotatable bonds is 6. The van der Waals surface area contributed by atoms with Crippen LogP contribution in [0.4, 0.5) is 16.2 Å². The highest BCUT2D eigenvalue weighted by atomic mass is 16.5. The molecular formula is C25H31N3O3. The van der Waals surface area contributed by atoms with Crippen LogP contribution in [0.5, 0.6) is 5.75 Å². The van der Waals surface area contributed by atoms with Gasteiger partial charge in [0.1, 0.15) is 5.75 Å². The monoisotopic (exact) mass is 421 g/mol. The summed E-state index contributed by atoms with van der Waals surface area (Å²) >= 11 is 0. The lowest BCUT2D eigenvalue weighted by Crippen LogP contribution is -2.43. The minimum absolute atomic E-state index is 0.0351. The second-order valence-electron chi connectivity index (χ2n) is 8.46. The second kappa shape index (κ2) is 10.3. The average molecular weight is 422 g/mol. The van der Waals surface area contributed by atoms with Gasteiger partial charge in [-0.05, 0) is 55.9 Å². The Morgan fingerprint density at radius 1 is 0.871 bits per heavy atom. The van der Waals surface area contributed by atoms with E-state index in [4.69, 9.17) is 4.74 Å². The first-order chi connectivity index (χ1) is 15.2. The van der Waals surface area contributed by atoms with Gasteiger partial charge in [-0.15, -0.1) is 0 Å². The van der Waals surface area contributed by atoms with Crippen LogP contribution in [0.25, 0.3) is 0 Å². The molecule has 0 aromatic heterocycles. The maximum atomic E-state index is 13.0. The molecule has 3 amide bonds. The van der Waals surface area contributed by atoms with Gasteiger partial charge in [-0.25, -0.2) is 4.79 Å². The van der Waals surface area contributed by atoms with E-state index < -0.39 is 0 Å². The van der Waals surface area contributed by atoms with Crippen LogP contribution in [0.2, 0.25) is 0 Å². The van der Waals surface area contributed by atoms with Gasteiger partial charge >= 0.3 is 6.03 Å². The van der Waals surface area contributed by atoms with Gasteiger partial charge in [-0.2, -0.15) is 0 Å². The summed E-state index contributed by atoms with van der Waals surface area (Å²) in [5, 5.41) is 5.82. The van der Waals surface area contributed by atoms with Crippen molar-refractivity contribution in [1.82, 2.24) is 4.90 Å². The van der Waals surface area contributed by atoms with E-state index in [-0.39, 0.29) is 18.5 Å². The minimum Gasteiger partial charge on any atom is -0.484 e. The maximum Gasteiger partial charge on any atom is 0.322 e. The second-order valence-corrected chi connectivity index (χ2v) is 8.46. The molecule has 4 rings (SSSR count). The molecule has 0 bridgehead atoms. The zero-order valence-corrected chi connectivity index (χ0v) is 17.9. The van der Waals surface area contributed by atoms with E-state index >= 15 is 0 Å². The molecule has 1 saturated carbocycles. The third-order valence-corrected chi connectivity index (χ3v) is 6.27. The summed E-state index contributed by atoms with van der Waals surface area (Å²) < 4.78 is 5.63. The van der Waals surface area contributed by atoms with Crippen LogP contribution in [0, 0.1) is 5.92 Å². The predicted molar refractivity (Wildman–Crippen MR) is 122 cm³/mol. The Morgan fingerprint density at radius 3 is 2.45 bits per heavy atom. The lowest BCUT2D eigenvalue weighted by molar-refractivity contribution is -0.118. The molecule has 1 unspecified atom stereocenters. The smallest absolute Gasteiger partial charge is 0.322 e. The van der Waals surface area contributed by atoms with Crippen LogP contribution >= 0.6 is 0 Å². The highest BCUT2D eigenvalue weighted by Crippen LogP contribution is 2.34. The van der Waals surface area contributed by atoms with Gasteiger partial charge in [0.2, 0.25) is 0 Å². The van der Waals surface area contributed by atoms with Crippen LogP contribution in [0.3, 0.4) is 0 Å². The van der Waals surface area contributed by atoms with Crippen molar-refractivity contribution in [2.24, 2.45) is 5.92 Å². The van der Waals surface area contributed by atoms with Gasteiger partial charge in [-0.1, -0.05) is 43.5 Å². The molecule has 2 aliphatic rings. The number of ether oxygens (including phenoxy) is 1. The fraction of sp³-hybridized carbons (Fsp3) is 0.440. The quantitative estimate of drug-likeness (QED) is 0.667. The Labute approximate surface area is 184 Å². The van der Waals surface area contributed by atoms with E-state index in [9.17, 15) is 9.59 Å². The van der Waals surface area contributed by atoms with Crippen molar-refractivity contribution in [2.75, 3.05) is 23.8 Å². The van der Waals surface area contributed by atoms with E-state index in [2.05, 4.69) is 10.6 Å². The Hall–Kier alpha value is -3.02. The summed E-state index contributed by atoms with van der Waals surface area (Å²) in [6.07, 6.45) is 8.56. The molecule has 2 fully saturated rings. The van der Waals surface area contributed by atoms with Crippen molar-refractivity contribution >= 4 is 23.3 Å². The molecule has 1 aliphatic carbocycles. The number of carbonyl (C=O) groups excluding carboxylic acids is 2. The molecule has 0 spiro atoms. The first-order valence-electron chi connectivity index (χ1n) is 11.3. The Bertz CT molecular complexity index is 881. The summed E-state index contributed by atoms with van der Waals surface area (Å²) in [7, 11) is 0. The number of nitrogens with zero attached hydrogens (tertiary/aromatic N) is 1. The Balaban J connectivity index is 1.30. The summed E-state index contributed by atoms with van der Waals surface area (Å²) in [5.74, 6) is 0.957. The van der Waals surface area contributed by atoms with Gasteiger partial charge in [0.25, 0.3) is 5.91 Å². The standard InChI is InChI=1S/C25H31N3O3/c29-24(26-20-11-5-2-6-12-20)18-31-22-14-7-13-21(17-22)27-25(30)28-16-8-15-23(28)19-9-3-1-4-10-19/h2,5-7,11-14,17,19,23H,1,3-4,8-10,15-16,18H2,(H,26,29)(H,27,30). The van der Waals surface area contributed by atoms with E-state index in [1.165, 1.54) is 32.1 Å². The largest absolute Gasteiger partial charge is 0.484 e. The van der Waals surface area contributed by atoms with Gasteiger partial charge in [-0.3, -0.25) is 4.79 Å². The topological polar surface area (TPSA) is 70.7 Å². The van der Waals surface area contributed by atoms with Crippen molar-refractivity contribution in [3.05, 3.63) is 54.6 Å². The zero-order valence-electron chi connectivity index (χ0n) is 17.9. The molecule has 1 aliphatic heterocycles. The van der Waals surface area contributed by atoms with Crippen molar-refractivity contribution < 1.29 is 14.3 Å². The average Bonchev–Trinajstić information content (AvgIpc) is 3.30. The lowest BCUT2D eigenvalue weighted by Gasteiger charge is -2.34. The van der Waals surface area contributed by atoms with Gasteiger partial charge in [0.05, 0.1) is 0 Å². The summed E-state index contributed by atoms with van der Waals surface area (Å²) in [6, 6.07) is 16.8. The normalized spacial score (nSPS) is 19.1. The summed E-state index contributed by atoms with van der Waals surface area (Å²) in [5.41, 5.74) is 1.41. The zero-order chi connectivity index (χ0) is 21.5. The number of anilines is 2. The highest BCUT2D eigenvalue weighted by molar-refractivity contribution is 5.92. The molecule has 1 heterocycles. The van der Waals surface area contributed by atoms with Crippen molar-refractivity contribution in [3.8, 4) is 5.75 Å². The minimum atomic E-state index is -0.229. The van der Waals surface area contributed by atoms with E-state index in [1.807, 2.05) is 47.4 Å². The third-order valence-electron chi connectivity index (χ3n) is 6.27. The number of benzene rings is 2. The Morgan fingerprint density at radius 2 is 1.65 bits per heavy atom. The molecule has 6 heteroatoms. The van der Waals surface area contributed by atoms with Crippen LogP contribution in [0.15, 0.2) is 54.6 Å². The van der Waals surface area contributed by atoms with E-state index in [0.717, 1.165) is 25.1 Å². The van der Waals surface area contributed by atoms with Crippen molar-refractivity contribution in [3.63, 3.8) is 0 Å². The summed E-state index contributed by atoms with van der Waals surface area (Å²) in [6.45, 7) is 0.727. The first kappa shape index (κ1) is 21.2. The molecule has 164 valence electrons. The van der Waals surface area contributed by atoms with Gasteiger partial charge in [0, 0.05) is 30.0 Å². The first-order valence-corrected chi connectivity index (χ1v) is 11.3. The SMILES string of the molecule is O=C(COc1cccc(NC(=O)N2CCCC2C2CCCCC2)c1)Nc1ccccc1. The number of hydrogen-bond donors (Lipinski definition) is 2. The van der Waals surface area contributed by atoms with Crippen molar-refractivity contribution in [1.29, 1.82) is 0 Å². The van der Waals surface area contributed by atoms with Crippen LogP contribution in [0.1, 0.15) is 44.9 Å². The number of hydrogen-bond acceptors (Lipinski definition) is 3. The van der Waals surface area contributed by atoms with Crippen molar-refractivity contribution in [2.45, 2.75) is 51.0 Å². The molecule has 6 nitrogen and oxygen atoms in total. The molecule has 1 saturated heterocycles. The number of likely N-dealkylation sites (tertiary alicyclic amines) is 1. The van der Waals surface area contributed by atoms with Crippen LogP contribution in [-0.4, -0.2) is 36.0 Å². The summed E-state index contributed by atoms with van der Waals surface area (Å²) in [4.78, 5) is 27.1. The molecule has 2 N–H and O–H groups in total. The number of para-hydroxylation sites is 1. The fourth-order valence-electron chi connectivity index (χ4n) is 4.78. The molecule has 2 aromatic rings. The molecule has 1 atom stereocenters. The van der Waals surface area contributed by atoms with Gasteiger partial charge in [0.15, 0.2) is 6.61 Å². The predicted octanol–water partition coefficient (Wildman–Crippen LogP) is 5.28. The maximum absolute atomic E-state index is 13.0. The Kier molecular flexibility index (Phi) is 7.07. The van der Waals surface area contributed by atoms with Crippen LogP contribution in [-0.2, 0) is 4.79 Å². The number of nitrogens with one attached hydrogen (secondary N) is 2. The van der Waals surface area contributed by atoms with E-state index in [1.54, 1.807) is 12.1 Å². The number of amides is 3. The molecule has 31 heavy (non-hydrogen) atoms. The number of urea groups is 1.